The van der Waals surface area contributed by atoms with Crippen molar-refractivity contribution in [1.29, 1.82) is 0 Å². The van der Waals surface area contributed by atoms with E-state index in [-0.39, 0.29) is 12.1 Å². The van der Waals surface area contributed by atoms with Gasteiger partial charge in [-0.15, -0.1) is 0 Å². The molecule has 0 aliphatic carbocycles. The van der Waals surface area contributed by atoms with Crippen LogP contribution in [-0.4, -0.2) is 23.5 Å². The van der Waals surface area contributed by atoms with Crippen LogP contribution >= 0.6 is 0 Å². The van der Waals surface area contributed by atoms with Crippen LogP contribution in [0.3, 0.4) is 0 Å². The fraction of sp³-hybridized carbons (Fsp3) is 0.800. The summed E-state index contributed by atoms with van der Waals surface area (Å²) in [5.74, 6) is 0. The quantitative estimate of drug-likeness (QED) is 0.493. The molecule has 3 N–H and O–H groups in total. The maximum absolute atomic E-state index is 9.90. The number of carbonyl (C=O) groups is 1. The van der Waals surface area contributed by atoms with E-state index < -0.39 is 5.41 Å². The third kappa shape index (κ3) is 3.77. The topological polar surface area (TPSA) is 68.8 Å². The van der Waals surface area contributed by atoms with Gasteiger partial charge in [-0.25, -0.2) is 0 Å². The van der Waals surface area contributed by atoms with E-state index in [1.54, 1.807) is 13.8 Å². The number of carbonyl (C=O) groups excluding carboxylic acids is 1. The van der Waals surface area contributed by atoms with E-state index in [0.717, 1.165) is 6.29 Å². The predicted octanol–water partition coefficient (Wildman–Crippen LogP) is -0.621. The number of aliphatic hydroxyl groups excluding tert-OH is 1. The SMILES string of the molecule is CC(C)(C=O)CO.O. The first-order valence-corrected chi connectivity index (χ1v) is 2.19. The number of hydrogen-bond donors (Lipinski definition) is 1. The highest BCUT2D eigenvalue weighted by Gasteiger charge is 2.12. The molecule has 0 aromatic heterocycles. The Bertz CT molecular complexity index is 68.1. The fourth-order valence-electron chi connectivity index (χ4n) is 0.0373. The van der Waals surface area contributed by atoms with E-state index in [4.69, 9.17) is 5.11 Å². The van der Waals surface area contributed by atoms with Crippen LogP contribution in [0.2, 0.25) is 0 Å². The molecule has 0 spiro atoms. The molecule has 0 amide bonds. The zero-order valence-electron chi connectivity index (χ0n) is 5.14. The Balaban J connectivity index is 0. The average molecular weight is 120 g/mol. The minimum atomic E-state index is -0.542. The summed E-state index contributed by atoms with van der Waals surface area (Å²) in [5, 5.41) is 8.36. The summed E-state index contributed by atoms with van der Waals surface area (Å²) in [5.41, 5.74) is -0.542. The van der Waals surface area contributed by atoms with E-state index >= 15 is 0 Å². The fourth-order valence-corrected chi connectivity index (χ4v) is 0.0373. The molecule has 0 fully saturated rings. The van der Waals surface area contributed by atoms with Gasteiger partial charge in [0.05, 0.1) is 6.61 Å². The van der Waals surface area contributed by atoms with E-state index in [0.29, 0.717) is 0 Å². The zero-order valence-corrected chi connectivity index (χ0v) is 5.14. The maximum Gasteiger partial charge on any atom is 0.127 e. The van der Waals surface area contributed by atoms with Crippen LogP contribution in [0.5, 0.6) is 0 Å². The highest BCUT2D eigenvalue weighted by molar-refractivity contribution is 5.57. The number of aldehydes is 1. The summed E-state index contributed by atoms with van der Waals surface area (Å²) in [6.07, 6.45) is 0.743. The highest BCUT2D eigenvalue weighted by atomic mass is 16.3. The molecule has 3 nitrogen and oxygen atoms in total. The van der Waals surface area contributed by atoms with Crippen molar-refractivity contribution in [2.75, 3.05) is 6.61 Å². The van der Waals surface area contributed by atoms with E-state index in [9.17, 15) is 4.79 Å². The molecule has 3 heteroatoms. The van der Waals surface area contributed by atoms with Crippen LogP contribution in [0.1, 0.15) is 13.8 Å². The minimum Gasteiger partial charge on any atom is -0.412 e. The Morgan fingerprint density at radius 3 is 2.00 bits per heavy atom. The average Bonchev–Trinajstić information content (AvgIpc) is 1.68. The van der Waals surface area contributed by atoms with Crippen molar-refractivity contribution in [3.8, 4) is 0 Å². The van der Waals surface area contributed by atoms with Gasteiger partial charge in [-0.3, -0.25) is 0 Å². The van der Waals surface area contributed by atoms with Gasteiger partial charge in [0.15, 0.2) is 0 Å². The molecule has 0 saturated carbocycles. The van der Waals surface area contributed by atoms with Crippen molar-refractivity contribution in [1.82, 2.24) is 0 Å². The molecule has 0 unspecified atom stereocenters. The molecule has 50 valence electrons. The van der Waals surface area contributed by atoms with E-state index in [1.807, 2.05) is 0 Å². The molecule has 0 rings (SSSR count). The second kappa shape index (κ2) is 3.57. The summed E-state index contributed by atoms with van der Waals surface area (Å²) in [7, 11) is 0. The third-order valence-corrected chi connectivity index (χ3v) is 0.727. The summed E-state index contributed by atoms with van der Waals surface area (Å²) in [4.78, 5) is 9.90. The molecular weight excluding hydrogens is 108 g/mol. The molecule has 0 atom stereocenters. The first kappa shape index (κ1) is 10.5. The molecule has 0 aromatic rings. The first-order chi connectivity index (χ1) is 3.12. The Morgan fingerprint density at radius 2 is 2.00 bits per heavy atom. The number of rotatable bonds is 2. The van der Waals surface area contributed by atoms with Gasteiger partial charge in [-0.05, 0) is 0 Å². The summed E-state index contributed by atoms with van der Waals surface area (Å²) >= 11 is 0. The molecule has 0 bridgehead atoms. The Kier molecular flexibility index (Phi) is 4.71. The van der Waals surface area contributed by atoms with Crippen molar-refractivity contribution in [3.05, 3.63) is 0 Å². The molecular formula is C5H12O3. The zero-order chi connectivity index (χ0) is 5.91. The summed E-state index contributed by atoms with van der Waals surface area (Å²) in [6.45, 7) is 3.29. The number of aliphatic hydroxyl groups is 1. The van der Waals surface area contributed by atoms with Gasteiger partial charge in [0.1, 0.15) is 6.29 Å². The van der Waals surface area contributed by atoms with Crippen molar-refractivity contribution in [2.24, 2.45) is 5.41 Å². The summed E-state index contributed by atoms with van der Waals surface area (Å²) < 4.78 is 0. The minimum absolute atomic E-state index is 0. The Morgan fingerprint density at radius 1 is 1.62 bits per heavy atom. The third-order valence-electron chi connectivity index (χ3n) is 0.727. The van der Waals surface area contributed by atoms with Gasteiger partial charge in [-0.2, -0.15) is 0 Å². The highest BCUT2D eigenvalue weighted by Crippen LogP contribution is 2.06. The van der Waals surface area contributed by atoms with Crippen LogP contribution in [0.25, 0.3) is 0 Å². The molecule has 0 saturated heterocycles. The summed E-state index contributed by atoms with van der Waals surface area (Å²) in [6, 6.07) is 0. The van der Waals surface area contributed by atoms with Gasteiger partial charge in [0.25, 0.3) is 0 Å². The lowest BCUT2D eigenvalue weighted by molar-refractivity contribution is -0.116. The van der Waals surface area contributed by atoms with Crippen molar-refractivity contribution < 1.29 is 15.4 Å². The molecule has 0 radical (unpaired) electrons. The molecule has 8 heavy (non-hydrogen) atoms. The van der Waals surface area contributed by atoms with E-state index in [2.05, 4.69) is 0 Å². The molecule has 0 aromatic carbocycles. The molecule has 0 aliphatic rings. The Labute approximate surface area is 48.6 Å². The first-order valence-electron chi connectivity index (χ1n) is 2.19. The van der Waals surface area contributed by atoms with Gasteiger partial charge in [-0.1, -0.05) is 13.8 Å². The van der Waals surface area contributed by atoms with Crippen molar-refractivity contribution >= 4 is 6.29 Å². The van der Waals surface area contributed by atoms with Crippen LogP contribution in [-0.2, 0) is 4.79 Å². The van der Waals surface area contributed by atoms with Gasteiger partial charge < -0.3 is 15.4 Å². The lowest BCUT2D eigenvalue weighted by Crippen LogP contribution is -2.17. The van der Waals surface area contributed by atoms with Gasteiger partial charge >= 0.3 is 0 Å². The second-order valence-electron chi connectivity index (χ2n) is 2.26. The standard InChI is InChI=1S/C5H10O2.H2O/c1-5(2,3-6)4-7;/h3,7H,4H2,1-2H3;1H2. The monoisotopic (exact) mass is 120 g/mol. The Hall–Kier alpha value is -0.410. The van der Waals surface area contributed by atoms with Crippen LogP contribution in [0.15, 0.2) is 0 Å². The van der Waals surface area contributed by atoms with Gasteiger partial charge in [0.2, 0.25) is 0 Å². The van der Waals surface area contributed by atoms with Crippen LogP contribution in [0, 0.1) is 5.41 Å². The van der Waals surface area contributed by atoms with Crippen LogP contribution < -0.4 is 0 Å². The maximum atomic E-state index is 9.90. The molecule has 0 aliphatic heterocycles. The largest absolute Gasteiger partial charge is 0.412 e. The van der Waals surface area contributed by atoms with Crippen LogP contribution in [0.4, 0.5) is 0 Å². The lowest BCUT2D eigenvalue weighted by atomic mass is 9.98. The molecule has 0 heterocycles. The second-order valence-corrected chi connectivity index (χ2v) is 2.26. The van der Waals surface area contributed by atoms with Crippen molar-refractivity contribution in [2.45, 2.75) is 13.8 Å². The normalized spacial score (nSPS) is 9.88. The smallest absolute Gasteiger partial charge is 0.127 e. The number of hydrogen-bond acceptors (Lipinski definition) is 2. The van der Waals surface area contributed by atoms with E-state index in [1.165, 1.54) is 0 Å². The van der Waals surface area contributed by atoms with Gasteiger partial charge in [0, 0.05) is 5.41 Å². The van der Waals surface area contributed by atoms with Crippen molar-refractivity contribution in [3.63, 3.8) is 0 Å². The predicted molar refractivity (Wildman–Crippen MR) is 30.5 cm³/mol. The lowest BCUT2D eigenvalue weighted by Gasteiger charge is -2.09.